The fourth-order valence-electron chi connectivity index (χ4n) is 2.56. The lowest BCUT2D eigenvalue weighted by Crippen LogP contribution is -2.31. The molecular formula is C19H19NO5. The van der Waals surface area contributed by atoms with Gasteiger partial charge in [-0.1, -0.05) is 24.3 Å². The van der Waals surface area contributed by atoms with E-state index in [4.69, 9.17) is 14.2 Å². The Balaban J connectivity index is 1.54. The van der Waals surface area contributed by atoms with E-state index in [9.17, 15) is 9.59 Å². The minimum absolute atomic E-state index is 0.203. The van der Waals surface area contributed by atoms with Crippen LogP contribution < -0.4 is 14.8 Å². The summed E-state index contributed by atoms with van der Waals surface area (Å²) in [6.07, 6.45) is 0. The number of rotatable bonds is 5. The van der Waals surface area contributed by atoms with Crippen LogP contribution in [-0.2, 0) is 9.53 Å². The van der Waals surface area contributed by atoms with E-state index in [2.05, 4.69) is 5.32 Å². The van der Waals surface area contributed by atoms with E-state index in [-0.39, 0.29) is 25.3 Å². The molecule has 2 aromatic carbocycles. The van der Waals surface area contributed by atoms with Crippen LogP contribution >= 0.6 is 0 Å². The Morgan fingerprint density at radius 1 is 1.16 bits per heavy atom. The Kier molecular flexibility index (Phi) is 4.88. The first-order valence-electron chi connectivity index (χ1n) is 7.96. The van der Waals surface area contributed by atoms with Crippen LogP contribution in [0.15, 0.2) is 42.5 Å². The zero-order chi connectivity index (χ0) is 17.8. The lowest BCUT2D eigenvalue weighted by atomic mass is 10.1. The molecule has 6 heteroatoms. The molecule has 1 unspecified atom stereocenters. The first kappa shape index (κ1) is 16.8. The van der Waals surface area contributed by atoms with Gasteiger partial charge >= 0.3 is 5.97 Å². The summed E-state index contributed by atoms with van der Waals surface area (Å²) >= 11 is 0. The monoisotopic (exact) mass is 341 g/mol. The van der Waals surface area contributed by atoms with E-state index >= 15 is 0 Å². The van der Waals surface area contributed by atoms with Gasteiger partial charge in [-0.2, -0.15) is 0 Å². The number of esters is 1. The highest BCUT2D eigenvalue weighted by Crippen LogP contribution is 2.34. The van der Waals surface area contributed by atoms with Crippen LogP contribution in [0.2, 0.25) is 0 Å². The smallest absolute Gasteiger partial charge is 0.338 e. The maximum Gasteiger partial charge on any atom is 0.338 e. The second kappa shape index (κ2) is 7.25. The van der Waals surface area contributed by atoms with Gasteiger partial charge in [0.25, 0.3) is 5.91 Å². The molecule has 25 heavy (non-hydrogen) atoms. The fraction of sp³-hybridized carbons (Fsp3) is 0.263. The number of carbonyl (C=O) groups is 2. The SMILES string of the molecule is Cc1ccccc1C(=O)OCC(=O)NC(C)c1ccc2c(c1)OCO2. The lowest BCUT2D eigenvalue weighted by molar-refractivity contribution is -0.124. The van der Waals surface area contributed by atoms with Gasteiger partial charge in [-0.05, 0) is 43.2 Å². The Bertz CT molecular complexity index is 802. The molecule has 2 aromatic rings. The van der Waals surface area contributed by atoms with Crippen molar-refractivity contribution in [3.63, 3.8) is 0 Å². The molecule has 130 valence electrons. The quantitative estimate of drug-likeness (QED) is 0.847. The summed E-state index contributed by atoms with van der Waals surface area (Å²) in [5, 5.41) is 2.80. The third-order valence-electron chi connectivity index (χ3n) is 3.97. The van der Waals surface area contributed by atoms with Gasteiger partial charge in [-0.15, -0.1) is 0 Å². The zero-order valence-electron chi connectivity index (χ0n) is 14.1. The van der Waals surface area contributed by atoms with Gasteiger partial charge in [0.1, 0.15) is 0 Å². The highest BCUT2D eigenvalue weighted by atomic mass is 16.7. The highest BCUT2D eigenvalue weighted by Gasteiger charge is 2.18. The predicted octanol–water partition coefficient (Wildman–Crippen LogP) is 2.76. The number of aryl methyl sites for hydroxylation is 1. The minimum atomic E-state index is -0.510. The molecular weight excluding hydrogens is 322 g/mol. The summed E-state index contributed by atoms with van der Waals surface area (Å²) in [6, 6.07) is 12.3. The zero-order valence-corrected chi connectivity index (χ0v) is 14.1. The van der Waals surface area contributed by atoms with E-state index in [1.54, 1.807) is 18.2 Å². The van der Waals surface area contributed by atoms with Crippen molar-refractivity contribution in [3.05, 3.63) is 59.2 Å². The van der Waals surface area contributed by atoms with E-state index in [0.717, 1.165) is 11.1 Å². The summed E-state index contributed by atoms with van der Waals surface area (Å²) < 4.78 is 15.7. The number of carbonyl (C=O) groups excluding carboxylic acids is 2. The van der Waals surface area contributed by atoms with E-state index in [0.29, 0.717) is 17.1 Å². The molecule has 1 amide bonds. The van der Waals surface area contributed by atoms with E-state index in [1.165, 1.54) is 0 Å². The summed E-state index contributed by atoms with van der Waals surface area (Å²) in [7, 11) is 0. The largest absolute Gasteiger partial charge is 0.454 e. The Labute approximate surface area is 145 Å². The molecule has 0 bridgehead atoms. The maximum atomic E-state index is 12.0. The molecule has 6 nitrogen and oxygen atoms in total. The fourth-order valence-corrected chi connectivity index (χ4v) is 2.56. The second-order valence-electron chi connectivity index (χ2n) is 5.79. The van der Waals surface area contributed by atoms with Crippen molar-refractivity contribution in [2.45, 2.75) is 19.9 Å². The molecule has 0 saturated carbocycles. The van der Waals surface area contributed by atoms with Gasteiger partial charge < -0.3 is 19.5 Å². The highest BCUT2D eigenvalue weighted by molar-refractivity contribution is 5.92. The number of hydrogen-bond acceptors (Lipinski definition) is 5. The van der Waals surface area contributed by atoms with Gasteiger partial charge in [0.05, 0.1) is 11.6 Å². The first-order chi connectivity index (χ1) is 12.0. The molecule has 0 saturated heterocycles. The summed E-state index contributed by atoms with van der Waals surface area (Å²) in [5.41, 5.74) is 2.14. The van der Waals surface area contributed by atoms with Gasteiger partial charge in [-0.25, -0.2) is 4.79 Å². The van der Waals surface area contributed by atoms with Crippen molar-refractivity contribution >= 4 is 11.9 Å². The van der Waals surface area contributed by atoms with Crippen molar-refractivity contribution in [1.29, 1.82) is 0 Å². The van der Waals surface area contributed by atoms with Gasteiger partial charge in [0.2, 0.25) is 6.79 Å². The average Bonchev–Trinajstić information content (AvgIpc) is 3.07. The van der Waals surface area contributed by atoms with Crippen LogP contribution in [0.25, 0.3) is 0 Å². The average molecular weight is 341 g/mol. The molecule has 1 N–H and O–H groups in total. The maximum absolute atomic E-state index is 12.0. The number of nitrogens with one attached hydrogen (secondary N) is 1. The third kappa shape index (κ3) is 3.91. The normalized spacial score (nSPS) is 13.2. The summed E-state index contributed by atoms with van der Waals surface area (Å²) in [5.74, 6) is 0.468. The summed E-state index contributed by atoms with van der Waals surface area (Å²) in [6.45, 7) is 3.54. The predicted molar refractivity (Wildman–Crippen MR) is 90.6 cm³/mol. The van der Waals surface area contributed by atoms with Crippen LogP contribution in [0.3, 0.4) is 0 Å². The van der Waals surface area contributed by atoms with Crippen molar-refractivity contribution in [1.82, 2.24) is 5.32 Å². The summed E-state index contributed by atoms with van der Waals surface area (Å²) in [4.78, 5) is 24.1. The first-order valence-corrected chi connectivity index (χ1v) is 7.96. The molecule has 0 fully saturated rings. The van der Waals surface area contributed by atoms with Gasteiger partial charge in [0, 0.05) is 0 Å². The van der Waals surface area contributed by atoms with Crippen molar-refractivity contribution in [3.8, 4) is 11.5 Å². The Hall–Kier alpha value is -3.02. The Morgan fingerprint density at radius 2 is 1.92 bits per heavy atom. The van der Waals surface area contributed by atoms with Crippen LogP contribution in [0.1, 0.15) is 34.5 Å². The van der Waals surface area contributed by atoms with Crippen LogP contribution in [0, 0.1) is 6.92 Å². The molecule has 0 aliphatic carbocycles. The number of ether oxygens (including phenoxy) is 3. The van der Waals surface area contributed by atoms with Crippen LogP contribution in [-0.4, -0.2) is 25.3 Å². The minimum Gasteiger partial charge on any atom is -0.454 e. The van der Waals surface area contributed by atoms with Crippen molar-refractivity contribution < 1.29 is 23.8 Å². The molecule has 1 atom stereocenters. The molecule has 0 spiro atoms. The van der Waals surface area contributed by atoms with Crippen LogP contribution in [0.4, 0.5) is 0 Å². The Morgan fingerprint density at radius 3 is 2.72 bits per heavy atom. The van der Waals surface area contributed by atoms with Crippen LogP contribution in [0.5, 0.6) is 11.5 Å². The molecule has 0 radical (unpaired) electrons. The lowest BCUT2D eigenvalue weighted by Gasteiger charge is -2.15. The van der Waals surface area contributed by atoms with Crippen molar-refractivity contribution in [2.24, 2.45) is 0 Å². The topological polar surface area (TPSA) is 73.9 Å². The number of amides is 1. The number of benzene rings is 2. The number of hydrogen-bond donors (Lipinski definition) is 1. The van der Waals surface area contributed by atoms with E-state index < -0.39 is 5.97 Å². The molecule has 1 heterocycles. The standard InChI is InChI=1S/C19H19NO5/c1-12-5-3-4-6-15(12)19(22)23-10-18(21)20-13(2)14-7-8-16-17(9-14)25-11-24-16/h3-9,13H,10-11H2,1-2H3,(H,20,21). The third-order valence-corrected chi connectivity index (χ3v) is 3.97. The van der Waals surface area contributed by atoms with Gasteiger partial charge in [0.15, 0.2) is 18.1 Å². The number of fused-ring (bicyclic) bond motifs is 1. The van der Waals surface area contributed by atoms with E-state index in [1.807, 2.05) is 38.1 Å². The molecule has 1 aliphatic heterocycles. The second-order valence-corrected chi connectivity index (χ2v) is 5.79. The molecule has 1 aliphatic rings. The molecule has 3 rings (SSSR count). The van der Waals surface area contributed by atoms with Crippen molar-refractivity contribution in [2.75, 3.05) is 13.4 Å². The van der Waals surface area contributed by atoms with Gasteiger partial charge in [-0.3, -0.25) is 4.79 Å². The molecule has 0 aromatic heterocycles.